The number of hydrogen-bond donors (Lipinski definition) is 3. The van der Waals surface area contributed by atoms with Gasteiger partial charge in [0, 0.05) is 17.7 Å². The largest absolute Gasteiger partial charge is 0.322 e. The standard InChI is InChI=1S/C17H18N2O3/c1-12-5-8-14(9-6-12)17(21)18-15-4-2-3-13(11-15)7-10-16(20)19-22/h2-6,8-9,11,22H,7,10H2,1H3,(H,18,21)(H,19,20). The van der Waals surface area contributed by atoms with Crippen LogP contribution in [0.1, 0.15) is 27.9 Å². The zero-order valence-electron chi connectivity index (χ0n) is 12.3. The average Bonchev–Trinajstić information content (AvgIpc) is 2.53. The summed E-state index contributed by atoms with van der Waals surface area (Å²) in [5.74, 6) is -0.612. The van der Waals surface area contributed by atoms with Gasteiger partial charge in [0.1, 0.15) is 0 Å². The normalized spacial score (nSPS) is 10.1. The predicted octanol–water partition coefficient (Wildman–Crippen LogP) is 2.69. The minimum Gasteiger partial charge on any atom is -0.322 e. The Bertz CT molecular complexity index is 666. The lowest BCUT2D eigenvalue weighted by atomic mass is 10.1. The van der Waals surface area contributed by atoms with Gasteiger partial charge in [-0.15, -0.1) is 0 Å². The van der Waals surface area contributed by atoms with Crippen molar-refractivity contribution in [3.8, 4) is 0 Å². The van der Waals surface area contributed by atoms with Crippen molar-refractivity contribution in [1.29, 1.82) is 0 Å². The monoisotopic (exact) mass is 298 g/mol. The molecule has 2 aromatic rings. The second kappa shape index (κ2) is 7.38. The van der Waals surface area contributed by atoms with E-state index in [2.05, 4.69) is 5.32 Å². The molecule has 2 amide bonds. The van der Waals surface area contributed by atoms with Gasteiger partial charge in [0.25, 0.3) is 5.91 Å². The molecule has 2 aromatic carbocycles. The highest BCUT2D eigenvalue weighted by atomic mass is 16.5. The third kappa shape index (κ3) is 4.43. The van der Waals surface area contributed by atoms with Gasteiger partial charge in [-0.25, -0.2) is 5.48 Å². The molecule has 0 bridgehead atoms. The van der Waals surface area contributed by atoms with Crippen LogP contribution in [0.2, 0.25) is 0 Å². The van der Waals surface area contributed by atoms with Gasteiger partial charge >= 0.3 is 0 Å². The smallest absolute Gasteiger partial charge is 0.255 e. The van der Waals surface area contributed by atoms with Gasteiger partial charge in [0.2, 0.25) is 5.91 Å². The minimum absolute atomic E-state index is 0.176. The maximum atomic E-state index is 12.1. The Morgan fingerprint density at radius 3 is 2.50 bits per heavy atom. The molecule has 0 radical (unpaired) electrons. The molecule has 0 spiro atoms. The first-order chi connectivity index (χ1) is 10.6. The van der Waals surface area contributed by atoms with Gasteiger partial charge in [-0.1, -0.05) is 29.8 Å². The summed E-state index contributed by atoms with van der Waals surface area (Å²) in [6.45, 7) is 1.97. The summed E-state index contributed by atoms with van der Waals surface area (Å²) in [7, 11) is 0. The Kier molecular flexibility index (Phi) is 5.27. The lowest BCUT2D eigenvalue weighted by Gasteiger charge is -2.08. The van der Waals surface area contributed by atoms with Gasteiger partial charge < -0.3 is 5.32 Å². The van der Waals surface area contributed by atoms with E-state index in [-0.39, 0.29) is 12.3 Å². The number of amides is 2. The highest BCUT2D eigenvalue weighted by Crippen LogP contribution is 2.14. The quantitative estimate of drug-likeness (QED) is 0.586. The van der Waals surface area contributed by atoms with Crippen LogP contribution in [0.5, 0.6) is 0 Å². The molecule has 0 unspecified atom stereocenters. The third-order valence-electron chi connectivity index (χ3n) is 3.26. The molecule has 0 aromatic heterocycles. The topological polar surface area (TPSA) is 78.4 Å². The van der Waals surface area contributed by atoms with Crippen LogP contribution in [0, 0.1) is 6.92 Å². The van der Waals surface area contributed by atoms with E-state index >= 15 is 0 Å². The van der Waals surface area contributed by atoms with Gasteiger partial charge in [-0.3, -0.25) is 14.8 Å². The first-order valence-electron chi connectivity index (χ1n) is 6.98. The van der Waals surface area contributed by atoms with Crippen molar-refractivity contribution in [2.45, 2.75) is 19.8 Å². The van der Waals surface area contributed by atoms with Crippen molar-refractivity contribution in [3.05, 3.63) is 65.2 Å². The second-order valence-corrected chi connectivity index (χ2v) is 5.06. The van der Waals surface area contributed by atoms with Crippen LogP contribution in [0.3, 0.4) is 0 Å². The summed E-state index contributed by atoms with van der Waals surface area (Å²) in [5, 5.41) is 11.3. The van der Waals surface area contributed by atoms with Crippen molar-refractivity contribution in [3.63, 3.8) is 0 Å². The summed E-state index contributed by atoms with van der Waals surface area (Å²) in [6.07, 6.45) is 0.673. The van der Waals surface area contributed by atoms with Crippen LogP contribution >= 0.6 is 0 Å². The van der Waals surface area contributed by atoms with Crippen molar-refractivity contribution in [1.82, 2.24) is 5.48 Å². The highest BCUT2D eigenvalue weighted by molar-refractivity contribution is 6.04. The Morgan fingerprint density at radius 1 is 1.09 bits per heavy atom. The van der Waals surface area contributed by atoms with Crippen molar-refractivity contribution >= 4 is 17.5 Å². The SMILES string of the molecule is Cc1ccc(C(=O)Nc2cccc(CCC(=O)NO)c2)cc1. The number of carbonyl (C=O) groups excluding carboxylic acids is 2. The van der Waals surface area contributed by atoms with Crippen LogP contribution in [0.15, 0.2) is 48.5 Å². The molecule has 0 fully saturated rings. The van der Waals surface area contributed by atoms with Crippen molar-refractivity contribution < 1.29 is 14.8 Å². The van der Waals surface area contributed by atoms with E-state index in [9.17, 15) is 9.59 Å². The van der Waals surface area contributed by atoms with Crippen molar-refractivity contribution in [2.24, 2.45) is 0 Å². The van der Waals surface area contributed by atoms with E-state index in [1.54, 1.807) is 23.7 Å². The Morgan fingerprint density at radius 2 is 1.82 bits per heavy atom. The third-order valence-corrected chi connectivity index (χ3v) is 3.26. The van der Waals surface area contributed by atoms with Crippen LogP contribution in [-0.4, -0.2) is 17.0 Å². The summed E-state index contributed by atoms with van der Waals surface area (Å²) in [6, 6.07) is 14.6. The van der Waals surface area contributed by atoms with E-state index in [0.717, 1.165) is 11.1 Å². The maximum Gasteiger partial charge on any atom is 0.255 e. The Balaban J connectivity index is 2.02. The fourth-order valence-electron chi connectivity index (χ4n) is 2.03. The molecule has 0 heterocycles. The summed E-state index contributed by atoms with van der Waals surface area (Å²) in [5.41, 5.74) is 4.87. The second-order valence-electron chi connectivity index (χ2n) is 5.06. The fourth-order valence-corrected chi connectivity index (χ4v) is 2.03. The molecule has 114 valence electrons. The minimum atomic E-state index is -0.436. The molecule has 5 heteroatoms. The first-order valence-corrected chi connectivity index (χ1v) is 6.98. The predicted molar refractivity (Wildman–Crippen MR) is 83.8 cm³/mol. The van der Waals surface area contributed by atoms with Gasteiger partial charge in [-0.2, -0.15) is 0 Å². The molecule has 2 rings (SSSR count). The molecule has 0 saturated carbocycles. The zero-order valence-corrected chi connectivity index (χ0v) is 12.3. The van der Waals surface area contributed by atoms with Crippen molar-refractivity contribution in [2.75, 3.05) is 5.32 Å². The number of rotatable bonds is 5. The van der Waals surface area contributed by atoms with E-state index < -0.39 is 5.91 Å². The Hall–Kier alpha value is -2.66. The molecule has 0 aliphatic heterocycles. The van der Waals surface area contributed by atoms with E-state index in [1.165, 1.54) is 0 Å². The number of carbonyl (C=O) groups is 2. The van der Waals surface area contributed by atoms with E-state index in [0.29, 0.717) is 17.7 Å². The maximum absolute atomic E-state index is 12.1. The van der Waals surface area contributed by atoms with Crippen LogP contribution in [-0.2, 0) is 11.2 Å². The number of benzene rings is 2. The number of hydroxylamine groups is 1. The number of nitrogens with one attached hydrogen (secondary N) is 2. The van der Waals surface area contributed by atoms with Gasteiger partial charge in [0.15, 0.2) is 0 Å². The van der Waals surface area contributed by atoms with E-state index in [1.807, 2.05) is 37.3 Å². The molecule has 22 heavy (non-hydrogen) atoms. The molecule has 0 atom stereocenters. The lowest BCUT2D eigenvalue weighted by Crippen LogP contribution is -2.18. The summed E-state index contributed by atoms with van der Waals surface area (Å²) < 4.78 is 0. The van der Waals surface area contributed by atoms with Crippen LogP contribution in [0.25, 0.3) is 0 Å². The number of anilines is 1. The number of hydrogen-bond acceptors (Lipinski definition) is 3. The molecule has 0 aliphatic rings. The van der Waals surface area contributed by atoms with E-state index in [4.69, 9.17) is 5.21 Å². The van der Waals surface area contributed by atoms with Crippen LogP contribution < -0.4 is 10.8 Å². The molecule has 5 nitrogen and oxygen atoms in total. The van der Waals surface area contributed by atoms with Gasteiger partial charge in [-0.05, 0) is 43.2 Å². The molecular weight excluding hydrogens is 280 g/mol. The molecular formula is C17H18N2O3. The highest BCUT2D eigenvalue weighted by Gasteiger charge is 2.06. The molecule has 0 saturated heterocycles. The summed E-state index contributed by atoms with van der Waals surface area (Å²) >= 11 is 0. The average molecular weight is 298 g/mol. The molecule has 3 N–H and O–H groups in total. The van der Waals surface area contributed by atoms with Gasteiger partial charge in [0.05, 0.1) is 0 Å². The zero-order chi connectivity index (χ0) is 15.9. The number of aryl methyl sites for hydroxylation is 2. The fraction of sp³-hybridized carbons (Fsp3) is 0.176. The molecule has 0 aliphatic carbocycles. The first kappa shape index (κ1) is 15.7. The summed E-state index contributed by atoms with van der Waals surface area (Å²) in [4.78, 5) is 23.2. The Labute approximate surface area is 128 Å². The lowest BCUT2D eigenvalue weighted by molar-refractivity contribution is -0.129. The van der Waals surface area contributed by atoms with Crippen LogP contribution in [0.4, 0.5) is 5.69 Å².